The molecule has 1 aromatic heterocycles. The Morgan fingerprint density at radius 2 is 1.65 bits per heavy atom. The molecule has 0 saturated heterocycles. The smallest absolute Gasteiger partial charge is 0.0868 e. The molecule has 2 nitrogen and oxygen atoms in total. The van der Waals surface area contributed by atoms with Crippen LogP contribution in [0.25, 0.3) is 11.3 Å². The van der Waals surface area contributed by atoms with Crippen LogP contribution in [0.4, 0.5) is 0 Å². The minimum absolute atomic E-state index is 0.207. The Bertz CT molecular complexity index is 537. The molecular weight excluding hydrogens is 280 g/mol. The maximum absolute atomic E-state index is 9.10. The summed E-state index contributed by atoms with van der Waals surface area (Å²) in [5, 5.41) is 10.6. The predicted octanol–water partition coefficient (Wildman–Crippen LogP) is 4.20. The third-order valence-electron chi connectivity index (χ3n) is 2.23. The minimum atomic E-state index is -0.207. The SMILES string of the molecule is OCc1nc(-c2cc(Cl)cc(Cl)c2)ccc1Cl. The lowest BCUT2D eigenvalue weighted by Crippen LogP contribution is -1.93. The van der Waals surface area contributed by atoms with Gasteiger partial charge in [0.1, 0.15) is 0 Å². The molecule has 0 spiro atoms. The molecule has 88 valence electrons. The van der Waals surface area contributed by atoms with Crippen molar-refractivity contribution < 1.29 is 5.11 Å². The zero-order valence-corrected chi connectivity index (χ0v) is 10.9. The van der Waals surface area contributed by atoms with Gasteiger partial charge >= 0.3 is 0 Å². The molecule has 0 atom stereocenters. The van der Waals surface area contributed by atoms with Crippen LogP contribution in [0.1, 0.15) is 5.69 Å². The van der Waals surface area contributed by atoms with Crippen LogP contribution in [0.5, 0.6) is 0 Å². The molecule has 0 aliphatic rings. The molecule has 0 aliphatic carbocycles. The number of aromatic nitrogens is 1. The van der Waals surface area contributed by atoms with Crippen molar-refractivity contribution in [2.24, 2.45) is 0 Å². The summed E-state index contributed by atoms with van der Waals surface area (Å²) in [6, 6.07) is 8.60. The van der Waals surface area contributed by atoms with E-state index < -0.39 is 0 Å². The summed E-state index contributed by atoms with van der Waals surface area (Å²) in [7, 11) is 0. The van der Waals surface area contributed by atoms with Crippen molar-refractivity contribution in [2.75, 3.05) is 0 Å². The van der Waals surface area contributed by atoms with Gasteiger partial charge in [0, 0.05) is 15.6 Å². The van der Waals surface area contributed by atoms with Gasteiger partial charge in [-0.25, -0.2) is 4.98 Å². The normalized spacial score (nSPS) is 10.6. The number of hydrogen-bond donors (Lipinski definition) is 1. The summed E-state index contributed by atoms with van der Waals surface area (Å²) >= 11 is 17.7. The van der Waals surface area contributed by atoms with E-state index in [1.807, 2.05) is 0 Å². The van der Waals surface area contributed by atoms with Crippen LogP contribution in [0.15, 0.2) is 30.3 Å². The van der Waals surface area contributed by atoms with E-state index in [1.54, 1.807) is 30.3 Å². The van der Waals surface area contributed by atoms with Crippen molar-refractivity contribution in [3.63, 3.8) is 0 Å². The summed E-state index contributed by atoms with van der Waals surface area (Å²) in [5.74, 6) is 0. The fourth-order valence-corrected chi connectivity index (χ4v) is 2.15. The molecule has 0 bridgehead atoms. The van der Waals surface area contributed by atoms with Crippen molar-refractivity contribution >= 4 is 34.8 Å². The Morgan fingerprint density at radius 3 is 2.24 bits per heavy atom. The van der Waals surface area contributed by atoms with E-state index in [2.05, 4.69) is 4.98 Å². The molecule has 0 fully saturated rings. The Balaban J connectivity index is 2.52. The number of aliphatic hydroxyl groups is 1. The first kappa shape index (κ1) is 12.7. The highest BCUT2D eigenvalue weighted by molar-refractivity contribution is 6.35. The number of hydrogen-bond acceptors (Lipinski definition) is 2. The monoisotopic (exact) mass is 287 g/mol. The molecule has 5 heteroatoms. The molecule has 0 saturated carbocycles. The van der Waals surface area contributed by atoms with Crippen LogP contribution in [0, 0.1) is 0 Å². The molecule has 0 radical (unpaired) electrons. The molecule has 2 aromatic rings. The van der Waals surface area contributed by atoms with Crippen LogP contribution in [0.2, 0.25) is 15.1 Å². The second-order valence-corrected chi connectivity index (χ2v) is 4.72. The van der Waals surface area contributed by atoms with Crippen LogP contribution in [0.3, 0.4) is 0 Å². The van der Waals surface area contributed by atoms with E-state index in [0.29, 0.717) is 26.5 Å². The zero-order valence-electron chi connectivity index (χ0n) is 8.62. The summed E-state index contributed by atoms with van der Waals surface area (Å²) in [6.45, 7) is -0.207. The lowest BCUT2D eigenvalue weighted by molar-refractivity contribution is 0.277. The number of nitrogens with zero attached hydrogens (tertiary/aromatic N) is 1. The molecule has 0 aliphatic heterocycles. The van der Waals surface area contributed by atoms with Crippen molar-refractivity contribution in [3.8, 4) is 11.3 Å². The quantitative estimate of drug-likeness (QED) is 0.898. The van der Waals surface area contributed by atoms with Crippen molar-refractivity contribution in [1.82, 2.24) is 4.98 Å². The Morgan fingerprint density at radius 1 is 1.00 bits per heavy atom. The lowest BCUT2D eigenvalue weighted by atomic mass is 10.1. The second kappa shape index (κ2) is 5.23. The van der Waals surface area contributed by atoms with Crippen LogP contribution in [-0.2, 0) is 6.61 Å². The minimum Gasteiger partial charge on any atom is -0.390 e. The molecule has 1 aromatic carbocycles. The fourth-order valence-electron chi connectivity index (χ4n) is 1.46. The molecule has 2 rings (SSSR count). The van der Waals surface area contributed by atoms with Crippen LogP contribution >= 0.6 is 34.8 Å². The number of pyridine rings is 1. The number of rotatable bonds is 2. The highest BCUT2D eigenvalue weighted by Gasteiger charge is 2.06. The first-order chi connectivity index (χ1) is 8.10. The molecule has 1 heterocycles. The summed E-state index contributed by atoms with van der Waals surface area (Å²) in [6.07, 6.45) is 0. The lowest BCUT2D eigenvalue weighted by Gasteiger charge is -2.06. The molecule has 0 unspecified atom stereocenters. The highest BCUT2D eigenvalue weighted by Crippen LogP contribution is 2.27. The van der Waals surface area contributed by atoms with E-state index in [-0.39, 0.29) is 6.61 Å². The maximum Gasteiger partial charge on any atom is 0.0868 e. The Hall–Kier alpha value is -0.800. The van der Waals surface area contributed by atoms with Gasteiger partial charge in [-0.3, -0.25) is 0 Å². The average Bonchev–Trinajstić information content (AvgIpc) is 2.28. The first-order valence-electron chi connectivity index (χ1n) is 4.83. The Kier molecular flexibility index (Phi) is 3.89. The fraction of sp³-hybridized carbons (Fsp3) is 0.0833. The van der Waals surface area contributed by atoms with Crippen LogP contribution < -0.4 is 0 Å². The van der Waals surface area contributed by atoms with Crippen molar-refractivity contribution in [1.29, 1.82) is 0 Å². The Labute approximate surface area is 114 Å². The molecule has 17 heavy (non-hydrogen) atoms. The molecular formula is C12H8Cl3NO. The van der Waals surface area contributed by atoms with E-state index in [9.17, 15) is 0 Å². The number of halogens is 3. The van der Waals surface area contributed by atoms with Gasteiger partial charge in [-0.2, -0.15) is 0 Å². The van der Waals surface area contributed by atoms with Gasteiger partial charge in [-0.05, 0) is 30.3 Å². The van der Waals surface area contributed by atoms with Crippen molar-refractivity contribution in [3.05, 3.63) is 51.1 Å². The third-order valence-corrected chi connectivity index (χ3v) is 3.01. The summed E-state index contributed by atoms with van der Waals surface area (Å²) in [5.41, 5.74) is 1.89. The molecule has 1 N–H and O–H groups in total. The van der Waals surface area contributed by atoms with Gasteiger partial charge in [0.05, 0.1) is 23.0 Å². The average molecular weight is 289 g/mol. The van der Waals surface area contributed by atoms with Gasteiger partial charge < -0.3 is 5.11 Å². The van der Waals surface area contributed by atoms with E-state index in [1.165, 1.54) is 0 Å². The first-order valence-corrected chi connectivity index (χ1v) is 5.96. The van der Waals surface area contributed by atoms with Gasteiger partial charge in [0.15, 0.2) is 0 Å². The zero-order chi connectivity index (χ0) is 12.4. The maximum atomic E-state index is 9.10. The highest BCUT2D eigenvalue weighted by atomic mass is 35.5. The van der Waals surface area contributed by atoms with Crippen LogP contribution in [-0.4, -0.2) is 10.1 Å². The largest absolute Gasteiger partial charge is 0.390 e. The number of aliphatic hydroxyl groups excluding tert-OH is 1. The van der Waals surface area contributed by atoms with E-state index in [0.717, 1.165) is 5.56 Å². The summed E-state index contributed by atoms with van der Waals surface area (Å²) < 4.78 is 0. The standard InChI is InChI=1S/C12H8Cl3NO/c13-8-3-7(4-9(14)5-8)11-2-1-10(15)12(6-17)16-11/h1-5,17H,6H2. The second-order valence-electron chi connectivity index (χ2n) is 3.44. The van der Waals surface area contributed by atoms with Gasteiger partial charge in [0.2, 0.25) is 0 Å². The van der Waals surface area contributed by atoms with Crippen molar-refractivity contribution in [2.45, 2.75) is 6.61 Å². The predicted molar refractivity (Wildman–Crippen MR) is 70.6 cm³/mol. The third kappa shape index (κ3) is 2.90. The van der Waals surface area contributed by atoms with Gasteiger partial charge in [0.25, 0.3) is 0 Å². The van der Waals surface area contributed by atoms with Gasteiger partial charge in [-0.1, -0.05) is 34.8 Å². The topological polar surface area (TPSA) is 33.1 Å². The van der Waals surface area contributed by atoms with E-state index in [4.69, 9.17) is 39.9 Å². The molecule has 0 amide bonds. The van der Waals surface area contributed by atoms with E-state index >= 15 is 0 Å². The number of benzene rings is 1. The summed E-state index contributed by atoms with van der Waals surface area (Å²) in [4.78, 5) is 4.24. The van der Waals surface area contributed by atoms with Gasteiger partial charge in [-0.15, -0.1) is 0 Å².